The number of benzene rings is 2. The number of nitrogens with zero attached hydrogens (tertiary/aromatic N) is 2. The lowest BCUT2D eigenvalue weighted by Crippen LogP contribution is -2.32. The van der Waals surface area contributed by atoms with Crippen LogP contribution in [0.4, 0.5) is 5.69 Å². The Labute approximate surface area is 144 Å². The normalized spacial score (nSPS) is 17.7. The molecule has 1 saturated heterocycles. The van der Waals surface area contributed by atoms with E-state index in [0.717, 1.165) is 22.2 Å². The van der Waals surface area contributed by atoms with Gasteiger partial charge in [-0.25, -0.2) is 0 Å². The molecule has 6 heteroatoms. The molecule has 1 aliphatic heterocycles. The topological polar surface area (TPSA) is 66.5 Å². The van der Waals surface area contributed by atoms with Crippen molar-refractivity contribution in [3.63, 3.8) is 0 Å². The van der Waals surface area contributed by atoms with E-state index < -0.39 is 0 Å². The molecular formula is C19H18N2O4. The Morgan fingerprint density at radius 3 is 2.68 bits per heavy atom. The van der Waals surface area contributed by atoms with Gasteiger partial charge in [-0.15, -0.1) is 0 Å². The summed E-state index contributed by atoms with van der Waals surface area (Å²) in [5, 5.41) is 11.9. The molecular weight excluding hydrogens is 320 g/mol. The van der Waals surface area contributed by atoms with Gasteiger partial charge in [0.25, 0.3) is 5.69 Å². The zero-order chi connectivity index (χ0) is 17.2. The van der Waals surface area contributed by atoms with Crippen LogP contribution in [-0.4, -0.2) is 35.4 Å². The Kier molecular flexibility index (Phi) is 4.21. The minimum atomic E-state index is -0.364. The predicted octanol–water partition coefficient (Wildman–Crippen LogP) is 3.63. The van der Waals surface area contributed by atoms with Crippen LogP contribution in [0.5, 0.6) is 0 Å². The van der Waals surface area contributed by atoms with Crippen molar-refractivity contribution in [3.8, 4) is 11.3 Å². The number of ether oxygens (including phenoxy) is 2. The van der Waals surface area contributed by atoms with Gasteiger partial charge in [-0.05, 0) is 17.7 Å². The average Bonchev–Trinajstić information content (AvgIpc) is 3.01. The number of hydrogen-bond acceptors (Lipinski definition) is 4. The highest BCUT2D eigenvalue weighted by Gasteiger charge is 2.20. The molecule has 1 fully saturated rings. The van der Waals surface area contributed by atoms with Crippen molar-refractivity contribution < 1.29 is 14.4 Å². The molecule has 3 aromatic rings. The fourth-order valence-electron chi connectivity index (χ4n) is 3.26. The number of nitro groups is 1. The SMILES string of the molecule is O=[N+]([O-])c1ccc2c(c1)cc(-c1ccccc1)n2CC1COCCO1. The van der Waals surface area contributed by atoms with Crippen LogP contribution in [0.3, 0.4) is 0 Å². The minimum absolute atomic E-state index is 0.0259. The number of aromatic nitrogens is 1. The van der Waals surface area contributed by atoms with E-state index in [4.69, 9.17) is 9.47 Å². The fraction of sp³-hybridized carbons (Fsp3) is 0.263. The Hall–Kier alpha value is -2.70. The maximum absolute atomic E-state index is 11.1. The van der Waals surface area contributed by atoms with E-state index >= 15 is 0 Å². The van der Waals surface area contributed by atoms with Gasteiger partial charge in [0.2, 0.25) is 0 Å². The molecule has 1 aromatic heterocycles. The lowest BCUT2D eigenvalue weighted by molar-refractivity contribution is -0.384. The number of non-ortho nitro benzene ring substituents is 1. The first-order valence-corrected chi connectivity index (χ1v) is 8.25. The van der Waals surface area contributed by atoms with E-state index in [-0.39, 0.29) is 16.7 Å². The molecule has 128 valence electrons. The van der Waals surface area contributed by atoms with Crippen molar-refractivity contribution in [2.45, 2.75) is 12.6 Å². The number of rotatable bonds is 4. The molecule has 1 unspecified atom stereocenters. The van der Waals surface area contributed by atoms with E-state index in [1.54, 1.807) is 12.1 Å². The van der Waals surface area contributed by atoms with Gasteiger partial charge >= 0.3 is 0 Å². The summed E-state index contributed by atoms with van der Waals surface area (Å²) in [5.41, 5.74) is 3.14. The molecule has 4 rings (SSSR count). The van der Waals surface area contributed by atoms with E-state index in [0.29, 0.717) is 26.4 Å². The highest BCUT2D eigenvalue weighted by molar-refractivity contribution is 5.88. The lowest BCUT2D eigenvalue weighted by atomic mass is 10.1. The second-order valence-electron chi connectivity index (χ2n) is 6.07. The van der Waals surface area contributed by atoms with Crippen LogP contribution in [0.2, 0.25) is 0 Å². The van der Waals surface area contributed by atoms with Crippen molar-refractivity contribution in [2.24, 2.45) is 0 Å². The third-order valence-electron chi connectivity index (χ3n) is 4.44. The Morgan fingerprint density at radius 1 is 1.12 bits per heavy atom. The summed E-state index contributed by atoms with van der Waals surface area (Å²) >= 11 is 0. The summed E-state index contributed by atoms with van der Waals surface area (Å²) in [5.74, 6) is 0. The Balaban J connectivity index is 1.82. The lowest BCUT2D eigenvalue weighted by Gasteiger charge is -2.24. The molecule has 0 N–H and O–H groups in total. The van der Waals surface area contributed by atoms with Crippen LogP contribution in [0.15, 0.2) is 54.6 Å². The smallest absolute Gasteiger partial charge is 0.270 e. The van der Waals surface area contributed by atoms with Crippen molar-refractivity contribution in [1.82, 2.24) is 4.57 Å². The van der Waals surface area contributed by atoms with Crippen LogP contribution in [0, 0.1) is 10.1 Å². The summed E-state index contributed by atoms with van der Waals surface area (Å²) < 4.78 is 13.5. The van der Waals surface area contributed by atoms with Gasteiger partial charge in [0, 0.05) is 28.7 Å². The molecule has 25 heavy (non-hydrogen) atoms. The van der Waals surface area contributed by atoms with Crippen LogP contribution in [0.25, 0.3) is 22.2 Å². The number of nitro benzene ring substituents is 1. The van der Waals surface area contributed by atoms with Gasteiger partial charge in [-0.1, -0.05) is 30.3 Å². The fourth-order valence-corrected chi connectivity index (χ4v) is 3.26. The molecule has 0 bridgehead atoms. The molecule has 0 amide bonds. The molecule has 6 nitrogen and oxygen atoms in total. The van der Waals surface area contributed by atoms with Crippen LogP contribution >= 0.6 is 0 Å². The monoisotopic (exact) mass is 338 g/mol. The molecule has 2 aromatic carbocycles. The highest BCUT2D eigenvalue weighted by Crippen LogP contribution is 2.31. The largest absolute Gasteiger partial charge is 0.376 e. The average molecular weight is 338 g/mol. The summed E-state index contributed by atoms with van der Waals surface area (Å²) in [7, 11) is 0. The maximum atomic E-state index is 11.1. The molecule has 2 heterocycles. The molecule has 0 aliphatic carbocycles. The van der Waals surface area contributed by atoms with Gasteiger partial charge < -0.3 is 14.0 Å². The second-order valence-corrected chi connectivity index (χ2v) is 6.07. The zero-order valence-electron chi connectivity index (χ0n) is 13.6. The number of hydrogen-bond donors (Lipinski definition) is 0. The van der Waals surface area contributed by atoms with E-state index in [1.165, 1.54) is 0 Å². The van der Waals surface area contributed by atoms with Crippen molar-refractivity contribution in [2.75, 3.05) is 19.8 Å². The first kappa shape index (κ1) is 15.8. The minimum Gasteiger partial charge on any atom is -0.376 e. The Morgan fingerprint density at radius 2 is 1.96 bits per heavy atom. The van der Waals surface area contributed by atoms with E-state index in [2.05, 4.69) is 4.57 Å². The van der Waals surface area contributed by atoms with Crippen molar-refractivity contribution in [1.29, 1.82) is 0 Å². The van der Waals surface area contributed by atoms with Crippen LogP contribution in [0.1, 0.15) is 0 Å². The van der Waals surface area contributed by atoms with Crippen molar-refractivity contribution >= 4 is 16.6 Å². The van der Waals surface area contributed by atoms with E-state index in [9.17, 15) is 10.1 Å². The zero-order valence-corrected chi connectivity index (χ0v) is 13.6. The first-order valence-electron chi connectivity index (χ1n) is 8.25. The first-order chi connectivity index (χ1) is 12.2. The van der Waals surface area contributed by atoms with Crippen LogP contribution in [-0.2, 0) is 16.0 Å². The van der Waals surface area contributed by atoms with Gasteiger partial charge in [0.05, 0.1) is 37.4 Å². The van der Waals surface area contributed by atoms with Crippen LogP contribution < -0.4 is 0 Å². The standard InChI is InChI=1S/C19H18N2O4/c22-21(23)16-6-7-18-15(10-16)11-19(14-4-2-1-3-5-14)20(18)12-17-13-24-8-9-25-17/h1-7,10-11,17H,8-9,12-13H2. The van der Waals surface area contributed by atoms with Gasteiger partial charge in [0.1, 0.15) is 0 Å². The quantitative estimate of drug-likeness (QED) is 0.538. The summed E-state index contributed by atoms with van der Waals surface area (Å²) in [6, 6.07) is 17.0. The molecule has 0 spiro atoms. The molecule has 1 aliphatic rings. The summed E-state index contributed by atoms with van der Waals surface area (Å²) in [6.07, 6.45) is -0.0259. The summed E-state index contributed by atoms with van der Waals surface area (Å²) in [6.45, 7) is 2.42. The predicted molar refractivity (Wildman–Crippen MR) is 94.6 cm³/mol. The highest BCUT2D eigenvalue weighted by atomic mass is 16.6. The summed E-state index contributed by atoms with van der Waals surface area (Å²) in [4.78, 5) is 10.7. The van der Waals surface area contributed by atoms with Crippen molar-refractivity contribution in [3.05, 3.63) is 64.7 Å². The van der Waals surface area contributed by atoms with Gasteiger partial charge in [0.15, 0.2) is 0 Å². The van der Waals surface area contributed by atoms with E-state index in [1.807, 2.05) is 42.5 Å². The molecule has 1 atom stereocenters. The third-order valence-corrected chi connectivity index (χ3v) is 4.44. The molecule has 0 radical (unpaired) electrons. The maximum Gasteiger partial charge on any atom is 0.270 e. The third kappa shape index (κ3) is 3.14. The number of fused-ring (bicyclic) bond motifs is 1. The molecule has 0 saturated carbocycles. The second kappa shape index (κ2) is 6.66. The van der Waals surface area contributed by atoms with Gasteiger partial charge in [-0.3, -0.25) is 10.1 Å². The Bertz CT molecular complexity index is 898. The van der Waals surface area contributed by atoms with Gasteiger partial charge in [-0.2, -0.15) is 0 Å².